The van der Waals surface area contributed by atoms with E-state index < -0.39 is 0 Å². The summed E-state index contributed by atoms with van der Waals surface area (Å²) in [5, 5.41) is 11.0. The third-order valence-electron chi connectivity index (χ3n) is 6.92. The first-order chi connectivity index (χ1) is 16.9. The number of hydrogen-bond acceptors (Lipinski definition) is 5. The highest BCUT2D eigenvalue weighted by atomic mass is 32.1. The number of phenolic OH excluding ortho intramolecular Hbond substituents is 1. The smallest absolute Gasteiger partial charge is 0.204 e. The molecule has 180 valence electrons. The Morgan fingerprint density at radius 3 is 2.51 bits per heavy atom. The van der Waals surface area contributed by atoms with Gasteiger partial charge in [0.05, 0.1) is 4.88 Å². The number of carbonyl (C=O) groups excluding carboxylic acids is 1. The quantitative estimate of drug-likeness (QED) is 0.291. The lowest BCUT2D eigenvalue weighted by molar-refractivity contribution is 0.104. The van der Waals surface area contributed by atoms with Crippen LogP contribution in [-0.2, 0) is 0 Å². The van der Waals surface area contributed by atoms with Gasteiger partial charge in [0, 0.05) is 34.3 Å². The summed E-state index contributed by atoms with van der Waals surface area (Å²) < 4.78 is 6.92. The second kappa shape index (κ2) is 9.84. The second-order valence-corrected chi connectivity index (χ2v) is 10.7. The summed E-state index contributed by atoms with van der Waals surface area (Å²) in [5.41, 5.74) is 4.57. The predicted molar refractivity (Wildman–Crippen MR) is 144 cm³/mol. The molecule has 0 saturated carbocycles. The molecule has 0 radical (unpaired) electrons. The third-order valence-corrected chi connectivity index (χ3v) is 8.07. The zero-order valence-corrected chi connectivity index (χ0v) is 21.3. The zero-order chi connectivity index (χ0) is 24.5. The molecule has 3 aromatic carbocycles. The Morgan fingerprint density at radius 1 is 1.09 bits per heavy atom. The Balaban J connectivity index is 1.46. The zero-order valence-electron chi connectivity index (χ0n) is 20.5. The fraction of sp³-hybridized carbons (Fsp3) is 0.300. The molecule has 0 bridgehead atoms. The van der Waals surface area contributed by atoms with E-state index in [0.29, 0.717) is 11.5 Å². The van der Waals surface area contributed by atoms with Crippen molar-refractivity contribution in [2.24, 2.45) is 5.92 Å². The standard InChI is InChI=1S/C30H31NO3S/c1-19-13-14-31(18-19)15-16-34-24-10-7-22(8-11-24)28-25-12-9-23(32)17-26(25)35-30(28)29(33)27-20(2)5-4-6-21(27)3/h4-12,17,19,32H,13-16,18H2,1-3H3/t19-/m0/s1. The van der Waals surface area contributed by atoms with E-state index in [1.807, 2.05) is 62.4 Å². The first-order valence-electron chi connectivity index (χ1n) is 12.2. The topological polar surface area (TPSA) is 49.8 Å². The van der Waals surface area contributed by atoms with E-state index in [0.717, 1.165) is 69.2 Å². The van der Waals surface area contributed by atoms with Crippen molar-refractivity contribution in [1.29, 1.82) is 0 Å². The number of benzene rings is 3. The first kappa shape index (κ1) is 23.6. The lowest BCUT2D eigenvalue weighted by Gasteiger charge is -2.15. The molecule has 35 heavy (non-hydrogen) atoms. The van der Waals surface area contributed by atoms with Crippen LogP contribution in [0, 0.1) is 19.8 Å². The van der Waals surface area contributed by atoms with E-state index in [1.165, 1.54) is 17.8 Å². The van der Waals surface area contributed by atoms with Gasteiger partial charge in [-0.05, 0) is 79.8 Å². The molecule has 1 fully saturated rings. The number of likely N-dealkylation sites (tertiary alicyclic amines) is 1. The Labute approximate surface area is 210 Å². The van der Waals surface area contributed by atoms with E-state index in [4.69, 9.17) is 4.74 Å². The van der Waals surface area contributed by atoms with Crippen molar-refractivity contribution in [2.45, 2.75) is 27.2 Å². The van der Waals surface area contributed by atoms with Gasteiger partial charge in [0.2, 0.25) is 5.78 Å². The minimum atomic E-state index is 0.0245. The summed E-state index contributed by atoms with van der Waals surface area (Å²) in [6, 6.07) is 19.3. The van der Waals surface area contributed by atoms with Gasteiger partial charge >= 0.3 is 0 Å². The number of ketones is 1. The SMILES string of the molecule is Cc1cccc(C)c1C(=O)c1sc2cc(O)ccc2c1-c1ccc(OCCN2CC[C@H](C)C2)cc1. The van der Waals surface area contributed by atoms with Crippen molar-refractivity contribution in [3.8, 4) is 22.6 Å². The number of carbonyl (C=O) groups is 1. The molecule has 1 atom stereocenters. The van der Waals surface area contributed by atoms with Crippen LogP contribution in [0.3, 0.4) is 0 Å². The molecule has 1 aliphatic heterocycles. The number of phenols is 1. The van der Waals surface area contributed by atoms with Gasteiger partial charge in [-0.1, -0.05) is 37.3 Å². The summed E-state index contributed by atoms with van der Waals surface area (Å²) in [5.74, 6) is 1.83. The molecule has 5 heteroatoms. The molecule has 1 aromatic heterocycles. The number of hydrogen-bond donors (Lipinski definition) is 1. The largest absolute Gasteiger partial charge is 0.508 e. The fourth-order valence-electron chi connectivity index (χ4n) is 5.06. The van der Waals surface area contributed by atoms with E-state index >= 15 is 0 Å². The lowest BCUT2D eigenvalue weighted by atomic mass is 9.94. The molecule has 1 N–H and O–H groups in total. The summed E-state index contributed by atoms with van der Waals surface area (Å²) in [6.45, 7) is 10.2. The summed E-state index contributed by atoms with van der Waals surface area (Å²) in [6.07, 6.45) is 1.27. The van der Waals surface area contributed by atoms with Crippen molar-refractivity contribution in [3.05, 3.63) is 82.2 Å². The Hall–Kier alpha value is -3.15. The lowest BCUT2D eigenvalue weighted by Crippen LogP contribution is -2.25. The number of aryl methyl sites for hydroxylation is 2. The summed E-state index contributed by atoms with van der Waals surface area (Å²) >= 11 is 1.44. The van der Waals surface area contributed by atoms with Crippen molar-refractivity contribution in [2.75, 3.05) is 26.2 Å². The Kier molecular flexibility index (Phi) is 6.63. The molecule has 1 aliphatic rings. The number of rotatable bonds is 7. The molecule has 4 aromatic rings. The molecule has 4 nitrogen and oxygen atoms in total. The average molecular weight is 486 g/mol. The maximum atomic E-state index is 13.8. The maximum Gasteiger partial charge on any atom is 0.204 e. The van der Waals surface area contributed by atoms with Gasteiger partial charge in [-0.2, -0.15) is 0 Å². The van der Waals surface area contributed by atoms with Gasteiger partial charge in [-0.25, -0.2) is 0 Å². The molecule has 0 aliphatic carbocycles. The van der Waals surface area contributed by atoms with Gasteiger partial charge in [-0.15, -0.1) is 11.3 Å². The second-order valence-electron chi connectivity index (χ2n) is 9.65. The summed E-state index contributed by atoms with van der Waals surface area (Å²) in [7, 11) is 0. The maximum absolute atomic E-state index is 13.8. The van der Waals surface area contributed by atoms with Crippen LogP contribution in [0.15, 0.2) is 60.7 Å². The van der Waals surface area contributed by atoms with Crippen LogP contribution < -0.4 is 4.74 Å². The van der Waals surface area contributed by atoms with Crippen LogP contribution in [-0.4, -0.2) is 42.0 Å². The van der Waals surface area contributed by atoms with Crippen LogP contribution in [0.5, 0.6) is 11.5 Å². The number of thiophene rings is 1. The van der Waals surface area contributed by atoms with Gasteiger partial charge in [0.15, 0.2) is 0 Å². The van der Waals surface area contributed by atoms with Crippen molar-refractivity contribution in [3.63, 3.8) is 0 Å². The summed E-state index contributed by atoms with van der Waals surface area (Å²) in [4.78, 5) is 17.0. The molecule has 5 rings (SSSR count). The number of nitrogens with zero attached hydrogens (tertiary/aromatic N) is 1. The van der Waals surface area contributed by atoms with Crippen molar-refractivity contribution < 1.29 is 14.6 Å². The van der Waals surface area contributed by atoms with Crippen LogP contribution in [0.25, 0.3) is 21.2 Å². The van der Waals surface area contributed by atoms with Gasteiger partial charge in [-0.3, -0.25) is 9.69 Å². The van der Waals surface area contributed by atoms with Crippen LogP contribution in [0.4, 0.5) is 0 Å². The third kappa shape index (κ3) is 4.84. The molecule has 0 amide bonds. The van der Waals surface area contributed by atoms with Crippen LogP contribution >= 0.6 is 11.3 Å². The van der Waals surface area contributed by atoms with E-state index in [-0.39, 0.29) is 11.5 Å². The van der Waals surface area contributed by atoms with E-state index in [1.54, 1.807) is 12.1 Å². The Bertz CT molecular complexity index is 1350. The molecular formula is C30H31NO3S. The number of fused-ring (bicyclic) bond motifs is 1. The van der Waals surface area contributed by atoms with Crippen LogP contribution in [0.1, 0.15) is 39.7 Å². The molecule has 1 saturated heterocycles. The van der Waals surface area contributed by atoms with Crippen molar-refractivity contribution in [1.82, 2.24) is 4.90 Å². The molecule has 2 heterocycles. The first-order valence-corrected chi connectivity index (χ1v) is 13.0. The molecule has 0 unspecified atom stereocenters. The highest BCUT2D eigenvalue weighted by Crippen LogP contribution is 2.42. The fourth-order valence-corrected chi connectivity index (χ4v) is 6.26. The highest BCUT2D eigenvalue weighted by molar-refractivity contribution is 7.21. The van der Waals surface area contributed by atoms with Crippen LogP contribution in [0.2, 0.25) is 0 Å². The van der Waals surface area contributed by atoms with Gasteiger partial charge in [0.1, 0.15) is 18.1 Å². The molecule has 0 spiro atoms. The highest BCUT2D eigenvalue weighted by Gasteiger charge is 2.24. The minimum Gasteiger partial charge on any atom is -0.508 e. The average Bonchev–Trinajstić information content (AvgIpc) is 3.42. The molecular weight excluding hydrogens is 454 g/mol. The monoisotopic (exact) mass is 485 g/mol. The minimum absolute atomic E-state index is 0.0245. The number of ether oxygens (including phenoxy) is 1. The van der Waals surface area contributed by atoms with E-state index in [9.17, 15) is 9.90 Å². The normalized spacial score (nSPS) is 16.1. The van der Waals surface area contributed by atoms with Gasteiger partial charge in [0.25, 0.3) is 0 Å². The Morgan fingerprint density at radius 2 is 1.83 bits per heavy atom. The predicted octanol–water partition coefficient (Wildman–Crippen LogP) is 6.84. The van der Waals surface area contributed by atoms with Gasteiger partial charge < -0.3 is 9.84 Å². The van der Waals surface area contributed by atoms with E-state index in [2.05, 4.69) is 11.8 Å². The number of aromatic hydroxyl groups is 1. The van der Waals surface area contributed by atoms with Crippen molar-refractivity contribution >= 4 is 27.2 Å².